The number of hydrogen-bond donors (Lipinski definition) is 0. The van der Waals surface area contributed by atoms with Crippen LogP contribution in [0.3, 0.4) is 0 Å². The van der Waals surface area contributed by atoms with E-state index in [1.54, 1.807) is 0 Å². The van der Waals surface area contributed by atoms with Crippen LogP contribution in [-0.2, 0) is 6.42 Å². The molecular formula is C21H37ClN+. The van der Waals surface area contributed by atoms with Crippen molar-refractivity contribution < 1.29 is 4.48 Å². The van der Waals surface area contributed by atoms with Crippen LogP contribution in [0, 0.1) is 0 Å². The van der Waals surface area contributed by atoms with Gasteiger partial charge in [0.05, 0.1) is 26.7 Å². The fraction of sp³-hybridized carbons (Fsp3) is 0.714. The van der Waals surface area contributed by atoms with E-state index < -0.39 is 0 Å². The van der Waals surface area contributed by atoms with Crippen LogP contribution in [0.1, 0.15) is 70.8 Å². The smallest absolute Gasteiger partial charge is 0.0784 e. The third kappa shape index (κ3) is 9.37. The van der Waals surface area contributed by atoms with Crippen LogP contribution >= 0.6 is 11.6 Å². The molecule has 0 aliphatic rings. The lowest BCUT2D eigenvalue weighted by Crippen LogP contribution is -2.46. The van der Waals surface area contributed by atoms with Gasteiger partial charge < -0.3 is 4.48 Å². The van der Waals surface area contributed by atoms with Crippen molar-refractivity contribution >= 4 is 11.6 Å². The Morgan fingerprint density at radius 3 is 1.70 bits per heavy atom. The van der Waals surface area contributed by atoms with Crippen LogP contribution in [0.4, 0.5) is 0 Å². The van der Waals surface area contributed by atoms with E-state index >= 15 is 0 Å². The average Bonchev–Trinajstić information content (AvgIpc) is 2.54. The Balaban J connectivity index is 2.34. The Bertz CT molecular complexity index is 389. The number of unbranched alkanes of at least 4 members (excludes halogenated alkanes) is 5. The molecule has 0 spiro atoms. The van der Waals surface area contributed by atoms with Gasteiger partial charge in [0.15, 0.2) is 0 Å². The molecule has 1 aromatic rings. The van der Waals surface area contributed by atoms with Crippen LogP contribution in [0.15, 0.2) is 24.3 Å². The number of aryl methyl sites for hydroxylation is 1. The lowest BCUT2D eigenvalue weighted by atomic mass is 10.1. The van der Waals surface area contributed by atoms with Crippen LogP contribution in [-0.4, -0.2) is 31.2 Å². The van der Waals surface area contributed by atoms with Crippen molar-refractivity contribution in [1.82, 2.24) is 0 Å². The van der Waals surface area contributed by atoms with Gasteiger partial charge in [0, 0.05) is 5.02 Å². The standard InChI is InChI=1S/C21H37ClN/c1-4-6-9-17-23(3,18-10-7-5-2)19-11-8-12-20-13-15-21(22)16-14-20/h13-16H,4-12,17-19H2,1-3H3/q+1. The molecule has 0 aliphatic carbocycles. The Kier molecular flexibility index (Phi) is 10.6. The Hall–Kier alpha value is -0.530. The van der Waals surface area contributed by atoms with E-state index in [2.05, 4.69) is 33.0 Å². The second-order valence-corrected chi connectivity index (χ2v) is 7.72. The molecule has 0 saturated carbocycles. The number of quaternary nitrogens is 1. The zero-order valence-electron chi connectivity index (χ0n) is 15.6. The van der Waals surface area contributed by atoms with Gasteiger partial charge in [-0.05, 0) is 62.6 Å². The Labute approximate surface area is 149 Å². The van der Waals surface area contributed by atoms with Crippen molar-refractivity contribution in [1.29, 1.82) is 0 Å². The van der Waals surface area contributed by atoms with E-state index in [1.165, 1.54) is 87.5 Å². The highest BCUT2D eigenvalue weighted by molar-refractivity contribution is 6.30. The van der Waals surface area contributed by atoms with Gasteiger partial charge in [0.25, 0.3) is 0 Å². The van der Waals surface area contributed by atoms with Gasteiger partial charge in [0.1, 0.15) is 0 Å². The highest BCUT2D eigenvalue weighted by atomic mass is 35.5. The molecule has 1 nitrogen and oxygen atoms in total. The molecular weight excluding hydrogens is 302 g/mol. The summed E-state index contributed by atoms with van der Waals surface area (Å²) in [4.78, 5) is 0. The Morgan fingerprint density at radius 2 is 1.22 bits per heavy atom. The van der Waals surface area contributed by atoms with Gasteiger partial charge in [0.2, 0.25) is 0 Å². The van der Waals surface area contributed by atoms with Crippen molar-refractivity contribution in [3.63, 3.8) is 0 Å². The van der Waals surface area contributed by atoms with E-state index in [0.29, 0.717) is 0 Å². The van der Waals surface area contributed by atoms with Crippen molar-refractivity contribution in [2.45, 2.75) is 71.6 Å². The molecule has 1 rings (SSSR count). The molecule has 0 saturated heterocycles. The van der Waals surface area contributed by atoms with Crippen molar-refractivity contribution in [3.05, 3.63) is 34.9 Å². The molecule has 0 heterocycles. The third-order valence-corrected chi connectivity index (χ3v) is 5.18. The summed E-state index contributed by atoms with van der Waals surface area (Å²) in [6, 6.07) is 8.34. The summed E-state index contributed by atoms with van der Waals surface area (Å²) in [6.07, 6.45) is 12.0. The third-order valence-electron chi connectivity index (χ3n) is 4.93. The zero-order chi connectivity index (χ0) is 17.0. The number of hydrogen-bond acceptors (Lipinski definition) is 0. The van der Waals surface area contributed by atoms with Gasteiger partial charge in [-0.2, -0.15) is 0 Å². The van der Waals surface area contributed by atoms with Gasteiger partial charge in [-0.15, -0.1) is 0 Å². The second-order valence-electron chi connectivity index (χ2n) is 7.29. The number of halogens is 1. The lowest BCUT2D eigenvalue weighted by molar-refractivity contribution is -0.910. The fourth-order valence-electron chi connectivity index (χ4n) is 3.30. The van der Waals surface area contributed by atoms with Crippen LogP contribution < -0.4 is 0 Å². The number of nitrogens with zero attached hydrogens (tertiary/aromatic N) is 1. The van der Waals surface area contributed by atoms with E-state index in [1.807, 2.05) is 12.1 Å². The monoisotopic (exact) mass is 338 g/mol. The lowest BCUT2D eigenvalue weighted by Gasteiger charge is -2.35. The molecule has 0 bridgehead atoms. The molecule has 2 heteroatoms. The molecule has 0 fully saturated rings. The molecule has 132 valence electrons. The molecule has 0 amide bonds. The second kappa shape index (κ2) is 11.9. The van der Waals surface area contributed by atoms with E-state index in [4.69, 9.17) is 11.6 Å². The van der Waals surface area contributed by atoms with Crippen LogP contribution in [0.5, 0.6) is 0 Å². The van der Waals surface area contributed by atoms with E-state index in [9.17, 15) is 0 Å². The predicted octanol–water partition coefficient (Wildman–Crippen LogP) is 6.49. The molecule has 0 radical (unpaired) electrons. The quantitative estimate of drug-likeness (QED) is 0.285. The van der Waals surface area contributed by atoms with E-state index in [-0.39, 0.29) is 0 Å². The van der Waals surface area contributed by atoms with Crippen LogP contribution in [0.25, 0.3) is 0 Å². The zero-order valence-corrected chi connectivity index (χ0v) is 16.4. The first-order valence-electron chi connectivity index (χ1n) is 9.67. The summed E-state index contributed by atoms with van der Waals surface area (Å²) in [7, 11) is 2.48. The van der Waals surface area contributed by atoms with Gasteiger partial charge in [-0.3, -0.25) is 0 Å². The first-order valence-corrected chi connectivity index (χ1v) is 10.1. The van der Waals surface area contributed by atoms with Gasteiger partial charge in [-0.25, -0.2) is 0 Å². The molecule has 0 atom stereocenters. The fourth-order valence-corrected chi connectivity index (χ4v) is 3.42. The predicted molar refractivity (Wildman–Crippen MR) is 104 cm³/mol. The highest BCUT2D eigenvalue weighted by Gasteiger charge is 2.19. The molecule has 23 heavy (non-hydrogen) atoms. The molecule has 0 unspecified atom stereocenters. The minimum atomic E-state index is 0.838. The molecule has 1 aromatic carbocycles. The summed E-state index contributed by atoms with van der Waals surface area (Å²) in [5, 5.41) is 0.838. The van der Waals surface area contributed by atoms with Gasteiger partial charge >= 0.3 is 0 Å². The minimum Gasteiger partial charge on any atom is -0.326 e. The number of benzene rings is 1. The molecule has 0 N–H and O–H groups in total. The van der Waals surface area contributed by atoms with Crippen molar-refractivity contribution in [2.24, 2.45) is 0 Å². The first kappa shape index (κ1) is 20.5. The maximum Gasteiger partial charge on any atom is 0.0784 e. The summed E-state index contributed by atoms with van der Waals surface area (Å²) in [5.74, 6) is 0. The number of rotatable bonds is 13. The maximum atomic E-state index is 5.95. The average molecular weight is 339 g/mol. The van der Waals surface area contributed by atoms with Crippen molar-refractivity contribution in [3.8, 4) is 0 Å². The summed E-state index contributed by atoms with van der Waals surface area (Å²) >= 11 is 5.95. The summed E-state index contributed by atoms with van der Waals surface area (Å²) in [6.45, 7) is 8.65. The highest BCUT2D eigenvalue weighted by Crippen LogP contribution is 2.15. The molecule has 0 aromatic heterocycles. The first-order chi connectivity index (χ1) is 11.1. The maximum absolute atomic E-state index is 5.95. The molecule has 0 aliphatic heterocycles. The minimum absolute atomic E-state index is 0.838. The van der Waals surface area contributed by atoms with Crippen LogP contribution in [0.2, 0.25) is 5.02 Å². The Morgan fingerprint density at radius 1 is 0.739 bits per heavy atom. The summed E-state index contributed by atoms with van der Waals surface area (Å²) in [5.41, 5.74) is 1.42. The largest absolute Gasteiger partial charge is 0.326 e. The normalized spacial score (nSPS) is 11.8. The van der Waals surface area contributed by atoms with Gasteiger partial charge in [-0.1, -0.05) is 50.4 Å². The topological polar surface area (TPSA) is 0 Å². The van der Waals surface area contributed by atoms with Crippen molar-refractivity contribution in [2.75, 3.05) is 26.7 Å². The SMILES string of the molecule is CCCCC[N+](C)(CCCCC)CCCCc1ccc(Cl)cc1. The van der Waals surface area contributed by atoms with E-state index in [0.717, 1.165) is 5.02 Å². The summed E-state index contributed by atoms with van der Waals surface area (Å²) < 4.78 is 1.28.